The first kappa shape index (κ1) is 10.1. The zero-order valence-corrected chi connectivity index (χ0v) is 7.98. The molecular formula is C7H16N2O2S. The Hall–Kier alpha value is 0.0300. The van der Waals surface area contributed by atoms with Crippen LogP contribution in [0.3, 0.4) is 0 Å². The van der Waals surface area contributed by atoms with Crippen molar-refractivity contribution in [2.24, 2.45) is 0 Å². The van der Waals surface area contributed by atoms with Gasteiger partial charge in [-0.25, -0.2) is 8.93 Å². The Morgan fingerprint density at radius 3 is 2.58 bits per heavy atom. The predicted octanol–water partition coefficient (Wildman–Crippen LogP) is 0.199. The highest BCUT2D eigenvalue weighted by atomic mass is 32.2. The molecule has 1 aliphatic heterocycles. The second-order valence-electron chi connectivity index (χ2n) is 3.05. The van der Waals surface area contributed by atoms with E-state index in [2.05, 4.69) is 9.62 Å². The third kappa shape index (κ3) is 4.15. The van der Waals surface area contributed by atoms with Gasteiger partial charge in [0.1, 0.15) is 0 Å². The highest BCUT2D eigenvalue weighted by Crippen LogP contribution is 2.07. The van der Waals surface area contributed by atoms with Crippen molar-refractivity contribution >= 4 is 11.3 Å². The van der Waals surface area contributed by atoms with E-state index in [1.54, 1.807) is 0 Å². The van der Waals surface area contributed by atoms with Crippen LogP contribution in [-0.2, 0) is 11.3 Å². The Morgan fingerprint density at radius 1 is 1.33 bits per heavy atom. The van der Waals surface area contributed by atoms with Crippen molar-refractivity contribution in [2.45, 2.75) is 19.3 Å². The molecule has 0 aromatic carbocycles. The Labute approximate surface area is 75.7 Å². The first-order valence-corrected chi connectivity index (χ1v) is 5.46. The molecule has 1 saturated heterocycles. The maximum absolute atomic E-state index is 10.2. The topological polar surface area (TPSA) is 52.6 Å². The summed E-state index contributed by atoms with van der Waals surface area (Å²) in [7, 11) is 0. The van der Waals surface area contributed by atoms with Crippen LogP contribution in [-0.4, -0.2) is 39.8 Å². The van der Waals surface area contributed by atoms with Gasteiger partial charge >= 0.3 is 0 Å². The van der Waals surface area contributed by atoms with E-state index in [4.69, 9.17) is 4.55 Å². The van der Waals surface area contributed by atoms with Gasteiger partial charge in [0, 0.05) is 13.1 Å². The molecule has 1 atom stereocenters. The normalized spacial score (nSPS) is 22.4. The minimum absolute atomic E-state index is 0.600. The Bertz CT molecular complexity index is 148. The fourth-order valence-corrected chi connectivity index (χ4v) is 1.74. The Kier molecular flexibility index (Phi) is 4.75. The van der Waals surface area contributed by atoms with Crippen LogP contribution in [0.15, 0.2) is 0 Å². The van der Waals surface area contributed by atoms with Gasteiger partial charge in [0.25, 0.3) is 0 Å². The Balaban J connectivity index is 2.01. The number of nitrogens with zero attached hydrogens (tertiary/aromatic N) is 1. The third-order valence-electron chi connectivity index (χ3n) is 2.10. The minimum Gasteiger partial charge on any atom is -0.302 e. The first-order valence-electron chi connectivity index (χ1n) is 4.36. The van der Waals surface area contributed by atoms with Crippen molar-refractivity contribution in [3.63, 3.8) is 0 Å². The number of hydrogen-bond donors (Lipinski definition) is 2. The van der Waals surface area contributed by atoms with Crippen LogP contribution < -0.4 is 4.72 Å². The largest absolute Gasteiger partial charge is 0.302 e. The summed E-state index contributed by atoms with van der Waals surface area (Å²) < 4.78 is 21.1. The molecule has 0 amide bonds. The molecule has 12 heavy (non-hydrogen) atoms. The number of rotatable bonds is 4. The van der Waals surface area contributed by atoms with Gasteiger partial charge in [0.15, 0.2) is 0 Å². The molecule has 1 unspecified atom stereocenters. The molecule has 0 bridgehead atoms. The van der Waals surface area contributed by atoms with E-state index < -0.39 is 11.3 Å². The molecule has 0 spiro atoms. The van der Waals surface area contributed by atoms with Crippen LogP contribution in [0, 0.1) is 0 Å². The molecule has 1 heterocycles. The van der Waals surface area contributed by atoms with Crippen molar-refractivity contribution in [3.05, 3.63) is 0 Å². The van der Waals surface area contributed by atoms with Crippen LogP contribution in [0.4, 0.5) is 0 Å². The zero-order valence-electron chi connectivity index (χ0n) is 7.16. The van der Waals surface area contributed by atoms with Gasteiger partial charge in [-0.05, 0) is 25.9 Å². The summed E-state index contributed by atoms with van der Waals surface area (Å²) in [6, 6.07) is 0. The molecule has 0 aliphatic carbocycles. The smallest absolute Gasteiger partial charge is 0.231 e. The molecule has 2 N–H and O–H groups in total. The summed E-state index contributed by atoms with van der Waals surface area (Å²) in [4.78, 5) is 2.32. The lowest BCUT2D eigenvalue weighted by atomic mass is 10.1. The standard InChI is InChI=1S/C7H16N2O2S/c10-12(11)8-4-7-9-5-2-1-3-6-9/h8H,1-7H2,(H,10,11). The molecule has 0 aromatic heterocycles. The fourth-order valence-electron chi connectivity index (χ4n) is 1.47. The first-order chi connectivity index (χ1) is 5.79. The summed E-state index contributed by atoms with van der Waals surface area (Å²) >= 11 is -1.85. The summed E-state index contributed by atoms with van der Waals surface area (Å²) in [6.07, 6.45) is 3.86. The quantitative estimate of drug-likeness (QED) is 0.626. The fraction of sp³-hybridized carbons (Fsp3) is 1.00. The molecule has 1 aliphatic rings. The molecule has 1 rings (SSSR count). The van der Waals surface area contributed by atoms with E-state index in [0.29, 0.717) is 6.54 Å². The number of likely N-dealkylation sites (tertiary alicyclic amines) is 1. The van der Waals surface area contributed by atoms with Crippen molar-refractivity contribution in [1.29, 1.82) is 0 Å². The average molecular weight is 192 g/mol. The number of hydrogen-bond acceptors (Lipinski definition) is 2. The van der Waals surface area contributed by atoms with Gasteiger partial charge in [-0.2, -0.15) is 0 Å². The minimum atomic E-state index is -1.85. The third-order valence-corrected chi connectivity index (χ3v) is 2.55. The van der Waals surface area contributed by atoms with Gasteiger partial charge in [-0.1, -0.05) is 6.42 Å². The lowest BCUT2D eigenvalue weighted by Crippen LogP contribution is -2.36. The summed E-state index contributed by atoms with van der Waals surface area (Å²) in [6.45, 7) is 3.76. The molecule has 1 fully saturated rings. The number of nitrogens with one attached hydrogen (secondary N) is 1. The molecule has 4 nitrogen and oxygen atoms in total. The van der Waals surface area contributed by atoms with Crippen molar-refractivity contribution in [3.8, 4) is 0 Å². The van der Waals surface area contributed by atoms with Crippen LogP contribution in [0.25, 0.3) is 0 Å². The molecule has 0 aromatic rings. The predicted molar refractivity (Wildman–Crippen MR) is 49.1 cm³/mol. The lowest BCUT2D eigenvalue weighted by Gasteiger charge is -2.25. The molecular weight excluding hydrogens is 176 g/mol. The van der Waals surface area contributed by atoms with Gasteiger partial charge in [0.2, 0.25) is 11.3 Å². The van der Waals surface area contributed by atoms with Gasteiger partial charge < -0.3 is 4.90 Å². The molecule has 72 valence electrons. The second-order valence-corrected chi connectivity index (χ2v) is 3.83. The summed E-state index contributed by atoms with van der Waals surface area (Å²) in [5.41, 5.74) is 0. The second kappa shape index (κ2) is 5.64. The highest BCUT2D eigenvalue weighted by molar-refractivity contribution is 7.77. The van der Waals surface area contributed by atoms with Crippen molar-refractivity contribution < 1.29 is 8.76 Å². The maximum Gasteiger partial charge on any atom is 0.231 e. The molecule has 0 radical (unpaired) electrons. The number of piperidine rings is 1. The van der Waals surface area contributed by atoms with E-state index in [-0.39, 0.29) is 0 Å². The average Bonchev–Trinajstić information content (AvgIpc) is 2.05. The van der Waals surface area contributed by atoms with Crippen LogP contribution in [0.2, 0.25) is 0 Å². The van der Waals surface area contributed by atoms with Crippen molar-refractivity contribution in [1.82, 2.24) is 9.62 Å². The van der Waals surface area contributed by atoms with Gasteiger partial charge in [-0.15, -0.1) is 0 Å². The monoisotopic (exact) mass is 192 g/mol. The van der Waals surface area contributed by atoms with Gasteiger partial charge in [-0.3, -0.25) is 4.55 Å². The zero-order chi connectivity index (χ0) is 8.81. The van der Waals surface area contributed by atoms with E-state index in [1.165, 1.54) is 19.3 Å². The van der Waals surface area contributed by atoms with E-state index >= 15 is 0 Å². The van der Waals surface area contributed by atoms with E-state index in [1.807, 2.05) is 0 Å². The summed E-state index contributed by atoms with van der Waals surface area (Å²) in [5, 5.41) is 0. The molecule has 0 saturated carbocycles. The maximum atomic E-state index is 10.2. The van der Waals surface area contributed by atoms with E-state index in [0.717, 1.165) is 19.6 Å². The van der Waals surface area contributed by atoms with Crippen LogP contribution in [0.1, 0.15) is 19.3 Å². The SMILES string of the molecule is O=S(O)NCCN1CCCCC1. The highest BCUT2D eigenvalue weighted by Gasteiger charge is 2.08. The van der Waals surface area contributed by atoms with Gasteiger partial charge in [0.05, 0.1) is 0 Å². The van der Waals surface area contributed by atoms with Crippen LogP contribution in [0.5, 0.6) is 0 Å². The lowest BCUT2D eigenvalue weighted by molar-refractivity contribution is 0.232. The van der Waals surface area contributed by atoms with E-state index in [9.17, 15) is 4.21 Å². The van der Waals surface area contributed by atoms with Crippen LogP contribution >= 0.6 is 0 Å². The Morgan fingerprint density at radius 2 is 2.00 bits per heavy atom. The summed E-state index contributed by atoms with van der Waals surface area (Å²) in [5.74, 6) is 0. The molecule has 5 heteroatoms. The van der Waals surface area contributed by atoms with Crippen molar-refractivity contribution in [2.75, 3.05) is 26.2 Å².